The van der Waals surface area contributed by atoms with Crippen LogP contribution in [0.15, 0.2) is 63.3 Å². The van der Waals surface area contributed by atoms with Gasteiger partial charge in [-0.3, -0.25) is 14.2 Å². The van der Waals surface area contributed by atoms with E-state index < -0.39 is 0 Å². The quantitative estimate of drug-likeness (QED) is 0.280. The van der Waals surface area contributed by atoms with Gasteiger partial charge in [0.1, 0.15) is 10.7 Å². The molecule has 8 heteroatoms. The molecule has 170 valence electrons. The zero-order valence-corrected chi connectivity index (χ0v) is 20.3. The maximum atomic E-state index is 13.4. The molecule has 0 aliphatic heterocycles. The number of H-pyrrole nitrogens is 1. The SMILES string of the molecule is Cc1ccc(-n2c(SCc3nc4sc5c(c4c(=O)[nH]3)CCCC5)nc3ccccc3c2=O)cc1. The molecule has 34 heavy (non-hydrogen) atoms. The second kappa shape index (κ2) is 8.52. The van der Waals surface area contributed by atoms with Gasteiger partial charge in [-0.25, -0.2) is 9.97 Å². The van der Waals surface area contributed by atoms with Gasteiger partial charge in [0.05, 0.1) is 27.7 Å². The van der Waals surface area contributed by atoms with Gasteiger partial charge in [-0.15, -0.1) is 11.3 Å². The summed E-state index contributed by atoms with van der Waals surface area (Å²) < 4.78 is 1.65. The molecule has 0 fully saturated rings. The molecule has 6 nitrogen and oxygen atoms in total. The third-order valence-electron chi connectivity index (χ3n) is 6.25. The number of thiophene rings is 1. The predicted molar refractivity (Wildman–Crippen MR) is 139 cm³/mol. The number of thioether (sulfide) groups is 1. The highest BCUT2D eigenvalue weighted by atomic mass is 32.2. The Bertz CT molecular complexity index is 1670. The largest absolute Gasteiger partial charge is 0.309 e. The highest BCUT2D eigenvalue weighted by Gasteiger charge is 2.20. The van der Waals surface area contributed by atoms with Crippen molar-refractivity contribution in [3.05, 3.63) is 91.1 Å². The van der Waals surface area contributed by atoms with Gasteiger partial charge in [0.15, 0.2) is 5.16 Å². The molecular weight excluding hydrogens is 464 g/mol. The maximum Gasteiger partial charge on any atom is 0.266 e. The third-order valence-corrected chi connectivity index (χ3v) is 8.38. The molecule has 0 bridgehead atoms. The third kappa shape index (κ3) is 3.67. The molecular formula is C26H22N4O2S2. The molecule has 0 saturated carbocycles. The second-order valence-electron chi connectivity index (χ2n) is 8.58. The molecule has 0 unspecified atom stereocenters. The lowest BCUT2D eigenvalue weighted by atomic mass is 9.97. The Kier molecular flexibility index (Phi) is 5.34. The first kappa shape index (κ1) is 21.3. The van der Waals surface area contributed by atoms with Gasteiger partial charge in [0.2, 0.25) is 0 Å². The second-order valence-corrected chi connectivity index (χ2v) is 10.6. The first-order chi connectivity index (χ1) is 16.6. The van der Waals surface area contributed by atoms with E-state index in [0.29, 0.717) is 27.6 Å². The van der Waals surface area contributed by atoms with E-state index in [1.165, 1.54) is 28.6 Å². The number of aromatic nitrogens is 4. The van der Waals surface area contributed by atoms with Crippen LogP contribution in [0, 0.1) is 6.92 Å². The zero-order chi connectivity index (χ0) is 23.2. The summed E-state index contributed by atoms with van der Waals surface area (Å²) in [5, 5.41) is 1.90. The highest BCUT2D eigenvalue weighted by Crippen LogP contribution is 2.34. The van der Waals surface area contributed by atoms with E-state index in [4.69, 9.17) is 9.97 Å². The first-order valence-corrected chi connectivity index (χ1v) is 13.1. The molecule has 3 aromatic heterocycles. The lowest BCUT2D eigenvalue weighted by Gasteiger charge is -2.13. The number of para-hydroxylation sites is 1. The summed E-state index contributed by atoms with van der Waals surface area (Å²) in [6, 6.07) is 15.2. The molecule has 2 aromatic carbocycles. The molecule has 6 rings (SSSR count). The van der Waals surface area contributed by atoms with Crippen molar-refractivity contribution in [3.63, 3.8) is 0 Å². The van der Waals surface area contributed by atoms with Crippen LogP contribution in [0.5, 0.6) is 0 Å². The smallest absolute Gasteiger partial charge is 0.266 e. The normalized spacial score (nSPS) is 13.4. The van der Waals surface area contributed by atoms with Gasteiger partial charge in [-0.2, -0.15) is 0 Å². The number of fused-ring (bicyclic) bond motifs is 4. The summed E-state index contributed by atoms with van der Waals surface area (Å²) in [6.07, 6.45) is 4.28. The monoisotopic (exact) mass is 486 g/mol. The first-order valence-electron chi connectivity index (χ1n) is 11.3. The van der Waals surface area contributed by atoms with Crippen molar-refractivity contribution in [2.24, 2.45) is 0 Å². The number of aromatic amines is 1. The van der Waals surface area contributed by atoms with Gasteiger partial charge >= 0.3 is 0 Å². The number of hydrogen-bond acceptors (Lipinski definition) is 6. The standard InChI is InChI=1S/C26H22N4O2S2/c1-15-10-12-16(13-11-15)30-25(32)17-6-2-4-8-19(17)27-26(30)33-14-21-28-23(31)22-18-7-3-5-9-20(18)34-24(22)29-21/h2,4,6,8,10-13H,3,5,7,9,14H2,1H3,(H,28,29,31). The van der Waals surface area contributed by atoms with Crippen molar-refractivity contribution in [1.29, 1.82) is 0 Å². The van der Waals surface area contributed by atoms with Gasteiger partial charge in [0, 0.05) is 4.88 Å². The Balaban J connectivity index is 1.42. The van der Waals surface area contributed by atoms with Crippen LogP contribution in [0.3, 0.4) is 0 Å². The number of benzene rings is 2. The highest BCUT2D eigenvalue weighted by molar-refractivity contribution is 7.98. The minimum atomic E-state index is -0.111. The lowest BCUT2D eigenvalue weighted by Crippen LogP contribution is -2.22. The molecule has 0 saturated heterocycles. The van der Waals surface area contributed by atoms with Gasteiger partial charge in [0.25, 0.3) is 11.1 Å². The van der Waals surface area contributed by atoms with E-state index in [0.717, 1.165) is 40.7 Å². The van der Waals surface area contributed by atoms with E-state index in [-0.39, 0.29) is 11.1 Å². The minimum Gasteiger partial charge on any atom is -0.309 e. The molecule has 5 aromatic rings. The van der Waals surface area contributed by atoms with Gasteiger partial charge in [-0.1, -0.05) is 41.6 Å². The number of rotatable bonds is 4. The number of nitrogens with one attached hydrogen (secondary N) is 1. The Morgan fingerprint density at radius 1 is 1.03 bits per heavy atom. The molecule has 0 spiro atoms. The summed E-state index contributed by atoms with van der Waals surface area (Å²) in [4.78, 5) is 41.0. The Morgan fingerprint density at radius 2 is 1.82 bits per heavy atom. The van der Waals surface area contributed by atoms with E-state index in [1.54, 1.807) is 22.0 Å². The predicted octanol–water partition coefficient (Wildman–Crippen LogP) is 5.16. The van der Waals surface area contributed by atoms with E-state index in [1.807, 2.05) is 49.4 Å². The minimum absolute atomic E-state index is 0.0672. The average Bonchev–Trinajstić information content (AvgIpc) is 3.23. The van der Waals surface area contributed by atoms with Crippen LogP contribution in [0.4, 0.5) is 0 Å². The summed E-state index contributed by atoms with van der Waals surface area (Å²) in [5.41, 5.74) is 3.54. The number of hydrogen-bond donors (Lipinski definition) is 1. The van der Waals surface area contributed by atoms with Gasteiger partial charge < -0.3 is 4.98 Å². The van der Waals surface area contributed by atoms with Crippen molar-refractivity contribution in [1.82, 2.24) is 19.5 Å². The van der Waals surface area contributed by atoms with Gasteiger partial charge in [-0.05, 0) is 62.4 Å². The molecule has 1 aliphatic carbocycles. The summed E-state index contributed by atoms with van der Waals surface area (Å²) in [7, 11) is 0. The Hall–Kier alpha value is -3.23. The van der Waals surface area contributed by atoms with Crippen molar-refractivity contribution in [2.75, 3.05) is 0 Å². The molecule has 0 atom stereocenters. The molecule has 0 amide bonds. The Morgan fingerprint density at radius 3 is 2.68 bits per heavy atom. The summed E-state index contributed by atoms with van der Waals surface area (Å²) in [5.74, 6) is 1.00. The fraction of sp³-hybridized carbons (Fsp3) is 0.231. The fourth-order valence-electron chi connectivity index (χ4n) is 4.54. The summed E-state index contributed by atoms with van der Waals surface area (Å²) in [6.45, 7) is 2.02. The molecule has 0 radical (unpaired) electrons. The average molecular weight is 487 g/mol. The van der Waals surface area contributed by atoms with Crippen molar-refractivity contribution in [2.45, 2.75) is 43.5 Å². The molecule has 3 heterocycles. The van der Waals surface area contributed by atoms with Crippen molar-refractivity contribution in [3.8, 4) is 5.69 Å². The Labute approximate surface area is 203 Å². The van der Waals surface area contributed by atoms with E-state index in [9.17, 15) is 9.59 Å². The fourth-order valence-corrected chi connectivity index (χ4v) is 6.70. The topological polar surface area (TPSA) is 80.6 Å². The zero-order valence-electron chi connectivity index (χ0n) is 18.6. The van der Waals surface area contributed by atoms with Crippen LogP contribution >= 0.6 is 23.1 Å². The number of aryl methyl sites for hydroxylation is 3. The van der Waals surface area contributed by atoms with Crippen molar-refractivity contribution >= 4 is 44.2 Å². The van der Waals surface area contributed by atoms with E-state index in [2.05, 4.69) is 4.98 Å². The lowest BCUT2D eigenvalue weighted by molar-refractivity contribution is 0.700. The molecule has 1 aliphatic rings. The van der Waals surface area contributed by atoms with Crippen LogP contribution in [-0.2, 0) is 18.6 Å². The van der Waals surface area contributed by atoms with E-state index >= 15 is 0 Å². The summed E-state index contributed by atoms with van der Waals surface area (Å²) >= 11 is 3.05. The van der Waals surface area contributed by atoms with Crippen LogP contribution in [0.1, 0.15) is 34.7 Å². The van der Waals surface area contributed by atoms with Crippen LogP contribution in [0.25, 0.3) is 26.8 Å². The van der Waals surface area contributed by atoms with Crippen LogP contribution in [-0.4, -0.2) is 19.5 Å². The maximum absolute atomic E-state index is 13.4. The number of nitrogens with zero attached hydrogens (tertiary/aromatic N) is 3. The molecule has 1 N–H and O–H groups in total. The van der Waals surface area contributed by atoms with Crippen molar-refractivity contribution < 1.29 is 0 Å². The van der Waals surface area contributed by atoms with Crippen LogP contribution < -0.4 is 11.1 Å². The van der Waals surface area contributed by atoms with Crippen LogP contribution in [0.2, 0.25) is 0 Å².